The lowest BCUT2D eigenvalue weighted by Crippen LogP contribution is -2.40. The highest BCUT2D eigenvalue weighted by Crippen LogP contribution is 2.48. The molecule has 1 heterocycles. The average Bonchev–Trinajstić information content (AvgIpc) is 2.96. The summed E-state index contributed by atoms with van der Waals surface area (Å²) in [5.41, 5.74) is 0. The molecule has 2 aliphatic rings. The maximum atomic E-state index is 12.0. The Kier molecular flexibility index (Phi) is 2.99. The Bertz CT molecular complexity index is 265. The summed E-state index contributed by atoms with van der Waals surface area (Å²) in [6, 6.07) is 0.0534. The summed E-state index contributed by atoms with van der Waals surface area (Å²) >= 11 is 1.92. The average molecular weight is 228 g/mol. The van der Waals surface area contributed by atoms with Crippen molar-refractivity contribution in [2.45, 2.75) is 50.1 Å². The van der Waals surface area contributed by atoms with Crippen LogP contribution in [0, 0.1) is 0 Å². The molecule has 2 rings (SSSR count). The molecule has 15 heavy (non-hydrogen) atoms. The van der Waals surface area contributed by atoms with Crippen molar-refractivity contribution in [1.29, 1.82) is 0 Å². The molecule has 2 fully saturated rings. The molecular weight excluding hydrogens is 208 g/mol. The second-order valence-electron chi connectivity index (χ2n) is 4.66. The van der Waals surface area contributed by atoms with Crippen molar-refractivity contribution < 1.29 is 4.79 Å². The predicted molar refractivity (Wildman–Crippen MR) is 63.9 cm³/mol. The summed E-state index contributed by atoms with van der Waals surface area (Å²) in [7, 11) is 0. The van der Waals surface area contributed by atoms with Gasteiger partial charge in [-0.15, -0.1) is 0 Å². The molecule has 86 valence electrons. The molecular formula is C11H20N2OS. The van der Waals surface area contributed by atoms with E-state index in [9.17, 15) is 4.79 Å². The predicted octanol–water partition coefficient (Wildman–Crippen LogP) is 1.44. The number of rotatable bonds is 4. The zero-order valence-electron chi connectivity index (χ0n) is 9.75. The fourth-order valence-corrected chi connectivity index (χ4v) is 3.01. The van der Waals surface area contributed by atoms with E-state index in [1.165, 1.54) is 12.8 Å². The van der Waals surface area contributed by atoms with Gasteiger partial charge in [0.05, 0.1) is 12.2 Å². The Labute approximate surface area is 96.0 Å². The van der Waals surface area contributed by atoms with Gasteiger partial charge in [0.2, 0.25) is 5.91 Å². The van der Waals surface area contributed by atoms with Gasteiger partial charge in [-0.2, -0.15) is 11.8 Å². The first-order valence-electron chi connectivity index (χ1n) is 5.73. The van der Waals surface area contributed by atoms with Crippen LogP contribution in [0.4, 0.5) is 0 Å². The maximum absolute atomic E-state index is 12.0. The summed E-state index contributed by atoms with van der Waals surface area (Å²) in [5, 5.41) is 3.34. The topological polar surface area (TPSA) is 32.3 Å². The lowest BCUT2D eigenvalue weighted by Gasteiger charge is -2.25. The van der Waals surface area contributed by atoms with Crippen molar-refractivity contribution >= 4 is 17.7 Å². The molecule has 0 aromatic heterocycles. The van der Waals surface area contributed by atoms with Crippen molar-refractivity contribution in [2.24, 2.45) is 0 Å². The minimum Gasteiger partial charge on any atom is -0.325 e. The highest BCUT2D eigenvalue weighted by Gasteiger charge is 2.47. The summed E-state index contributed by atoms with van der Waals surface area (Å²) in [6.45, 7) is 5.08. The lowest BCUT2D eigenvalue weighted by molar-refractivity contribution is -0.130. The number of hydrogen-bond donors (Lipinski definition) is 1. The normalized spacial score (nSPS) is 33.5. The third-order valence-corrected chi connectivity index (χ3v) is 5.00. The SMILES string of the molecule is CCC1NC(C)N(CC2(SC)CC2)C1=O. The van der Waals surface area contributed by atoms with Crippen LogP contribution in [0.15, 0.2) is 0 Å². The summed E-state index contributed by atoms with van der Waals surface area (Å²) in [5.74, 6) is 0.297. The highest BCUT2D eigenvalue weighted by molar-refractivity contribution is 8.00. The second kappa shape index (κ2) is 3.98. The number of nitrogens with one attached hydrogen (secondary N) is 1. The van der Waals surface area contributed by atoms with E-state index in [0.29, 0.717) is 10.7 Å². The van der Waals surface area contributed by atoms with Gasteiger partial charge in [-0.25, -0.2) is 0 Å². The van der Waals surface area contributed by atoms with Crippen molar-refractivity contribution in [2.75, 3.05) is 12.8 Å². The standard InChI is InChI=1S/C11H20N2OS/c1-4-9-10(14)13(8(2)12-9)7-11(15-3)5-6-11/h8-9,12H,4-7H2,1-3H3. The smallest absolute Gasteiger partial charge is 0.241 e. The highest BCUT2D eigenvalue weighted by atomic mass is 32.2. The van der Waals surface area contributed by atoms with Crippen LogP contribution in [0.5, 0.6) is 0 Å². The van der Waals surface area contributed by atoms with Gasteiger partial charge in [-0.05, 0) is 32.4 Å². The van der Waals surface area contributed by atoms with E-state index in [4.69, 9.17) is 0 Å². The van der Waals surface area contributed by atoms with E-state index in [0.717, 1.165) is 13.0 Å². The van der Waals surface area contributed by atoms with Gasteiger partial charge in [-0.1, -0.05) is 6.92 Å². The first-order valence-corrected chi connectivity index (χ1v) is 6.96. The molecule has 1 N–H and O–H groups in total. The molecule has 1 aliphatic carbocycles. The van der Waals surface area contributed by atoms with Gasteiger partial charge in [-0.3, -0.25) is 10.1 Å². The van der Waals surface area contributed by atoms with Crippen LogP contribution < -0.4 is 5.32 Å². The van der Waals surface area contributed by atoms with Gasteiger partial charge >= 0.3 is 0 Å². The van der Waals surface area contributed by atoms with Crippen molar-refractivity contribution in [1.82, 2.24) is 10.2 Å². The second-order valence-corrected chi connectivity index (χ2v) is 5.93. The van der Waals surface area contributed by atoms with Crippen LogP contribution in [0.25, 0.3) is 0 Å². The maximum Gasteiger partial charge on any atom is 0.241 e. The molecule has 3 nitrogen and oxygen atoms in total. The number of nitrogens with zero attached hydrogens (tertiary/aromatic N) is 1. The van der Waals surface area contributed by atoms with Gasteiger partial charge in [0.15, 0.2) is 0 Å². The molecule has 1 saturated heterocycles. The van der Waals surface area contributed by atoms with Gasteiger partial charge in [0.1, 0.15) is 0 Å². The minimum absolute atomic E-state index is 0.0534. The summed E-state index contributed by atoms with van der Waals surface area (Å²) < 4.78 is 0.383. The molecule has 0 aromatic rings. The molecule has 0 spiro atoms. The number of thioether (sulfide) groups is 1. The fourth-order valence-electron chi connectivity index (χ4n) is 2.23. The van der Waals surface area contributed by atoms with Crippen molar-refractivity contribution in [3.05, 3.63) is 0 Å². The lowest BCUT2D eigenvalue weighted by atomic mass is 10.2. The Morgan fingerprint density at radius 2 is 2.27 bits per heavy atom. The van der Waals surface area contributed by atoms with Crippen LogP contribution in [0.3, 0.4) is 0 Å². The molecule has 0 aromatic carbocycles. The van der Waals surface area contributed by atoms with Crippen LogP contribution in [0.2, 0.25) is 0 Å². The fraction of sp³-hybridized carbons (Fsp3) is 0.909. The zero-order valence-corrected chi connectivity index (χ0v) is 10.6. The van der Waals surface area contributed by atoms with Crippen LogP contribution in [-0.2, 0) is 4.79 Å². The number of carbonyl (C=O) groups is 1. The van der Waals surface area contributed by atoms with Crippen LogP contribution >= 0.6 is 11.8 Å². The van der Waals surface area contributed by atoms with E-state index in [-0.39, 0.29) is 12.2 Å². The minimum atomic E-state index is 0.0534. The van der Waals surface area contributed by atoms with Crippen molar-refractivity contribution in [3.8, 4) is 0 Å². The van der Waals surface area contributed by atoms with E-state index >= 15 is 0 Å². The Hall–Kier alpha value is -0.220. The third kappa shape index (κ3) is 2.02. The van der Waals surface area contributed by atoms with E-state index in [1.54, 1.807) is 0 Å². The van der Waals surface area contributed by atoms with Crippen LogP contribution in [0.1, 0.15) is 33.1 Å². The number of amides is 1. The largest absolute Gasteiger partial charge is 0.325 e. The summed E-state index contributed by atoms with van der Waals surface area (Å²) in [4.78, 5) is 14.0. The monoisotopic (exact) mass is 228 g/mol. The number of carbonyl (C=O) groups excluding carboxylic acids is 1. The molecule has 0 radical (unpaired) electrons. The van der Waals surface area contributed by atoms with Gasteiger partial charge in [0.25, 0.3) is 0 Å². The first kappa shape index (κ1) is 11.3. The van der Waals surface area contributed by atoms with Gasteiger partial charge in [0, 0.05) is 11.3 Å². The van der Waals surface area contributed by atoms with Crippen molar-refractivity contribution in [3.63, 3.8) is 0 Å². The quantitative estimate of drug-likeness (QED) is 0.790. The first-order chi connectivity index (χ1) is 7.12. The molecule has 1 saturated carbocycles. The summed E-state index contributed by atoms with van der Waals surface area (Å²) in [6.07, 6.45) is 5.80. The number of hydrogen-bond acceptors (Lipinski definition) is 3. The molecule has 2 atom stereocenters. The zero-order chi connectivity index (χ0) is 11.1. The Morgan fingerprint density at radius 1 is 1.60 bits per heavy atom. The van der Waals surface area contributed by atoms with Crippen LogP contribution in [-0.4, -0.2) is 40.6 Å². The molecule has 4 heteroatoms. The molecule has 2 unspecified atom stereocenters. The van der Waals surface area contributed by atoms with E-state index in [1.807, 2.05) is 16.7 Å². The van der Waals surface area contributed by atoms with E-state index < -0.39 is 0 Å². The molecule has 0 bridgehead atoms. The Morgan fingerprint density at radius 3 is 2.67 bits per heavy atom. The molecule has 1 amide bonds. The van der Waals surface area contributed by atoms with Gasteiger partial charge < -0.3 is 4.90 Å². The van der Waals surface area contributed by atoms with E-state index in [2.05, 4.69) is 25.4 Å². The Balaban J connectivity index is 2.00. The molecule has 1 aliphatic heterocycles. The third-order valence-electron chi connectivity index (χ3n) is 3.60.